The molecule has 0 fully saturated rings. The third-order valence-corrected chi connectivity index (χ3v) is 4.99. The van der Waals surface area contributed by atoms with Crippen molar-refractivity contribution in [2.45, 2.75) is 57.1 Å². The Labute approximate surface area is 148 Å². The Kier molecular flexibility index (Phi) is 6.04. The highest BCUT2D eigenvalue weighted by Crippen LogP contribution is 2.27. The fourth-order valence-corrected chi connectivity index (χ4v) is 3.65. The first-order valence-corrected chi connectivity index (χ1v) is 9.14. The second-order valence-electron chi connectivity index (χ2n) is 6.42. The third-order valence-electron chi connectivity index (χ3n) is 3.86. The van der Waals surface area contributed by atoms with Crippen molar-refractivity contribution >= 4 is 17.7 Å². The first-order valence-electron chi connectivity index (χ1n) is 8.26. The van der Waals surface area contributed by atoms with Crippen LogP contribution in [-0.4, -0.2) is 42.9 Å². The highest BCUT2D eigenvalue weighted by Gasteiger charge is 2.27. The van der Waals surface area contributed by atoms with Gasteiger partial charge in [0.15, 0.2) is 11.0 Å². The molecule has 0 N–H and O–H groups in total. The van der Waals surface area contributed by atoms with E-state index in [2.05, 4.69) is 10.2 Å². The normalized spacial score (nSPS) is 12.7. The largest absolute Gasteiger partial charge is 0.337 e. The summed E-state index contributed by atoms with van der Waals surface area (Å²) in [6.45, 7) is 10.1. The standard InChI is InChI=1S/C18H26N4OS/c1-12(2)22(13(3)4)17(23)14(5)24-18-20-19-16(21(18)6)15-10-8-7-9-11-15/h7-14H,1-6H3/t14-/m1/s1. The number of aromatic nitrogens is 3. The molecule has 2 aromatic rings. The minimum Gasteiger partial charge on any atom is -0.337 e. The van der Waals surface area contributed by atoms with Crippen molar-refractivity contribution in [2.75, 3.05) is 0 Å². The molecule has 1 aromatic carbocycles. The van der Waals surface area contributed by atoms with E-state index in [1.807, 2.05) is 81.5 Å². The van der Waals surface area contributed by atoms with Gasteiger partial charge in [0.05, 0.1) is 5.25 Å². The molecule has 5 nitrogen and oxygen atoms in total. The van der Waals surface area contributed by atoms with E-state index in [9.17, 15) is 4.79 Å². The number of carbonyl (C=O) groups excluding carboxylic acids is 1. The number of nitrogens with zero attached hydrogens (tertiary/aromatic N) is 4. The SMILES string of the molecule is CC(C)N(C(=O)[C@@H](C)Sc1nnc(-c2ccccc2)n1C)C(C)C. The second-order valence-corrected chi connectivity index (χ2v) is 7.73. The Bertz CT molecular complexity index is 674. The molecule has 1 heterocycles. The minimum absolute atomic E-state index is 0.134. The van der Waals surface area contributed by atoms with E-state index in [0.717, 1.165) is 16.5 Å². The van der Waals surface area contributed by atoms with Crippen molar-refractivity contribution in [2.24, 2.45) is 7.05 Å². The van der Waals surface area contributed by atoms with Crippen LogP contribution in [0.3, 0.4) is 0 Å². The van der Waals surface area contributed by atoms with Crippen LogP contribution < -0.4 is 0 Å². The second kappa shape index (κ2) is 7.83. The molecule has 0 bridgehead atoms. The van der Waals surface area contributed by atoms with Gasteiger partial charge >= 0.3 is 0 Å². The Hall–Kier alpha value is -1.82. The summed E-state index contributed by atoms with van der Waals surface area (Å²) in [5.41, 5.74) is 1.02. The van der Waals surface area contributed by atoms with E-state index in [-0.39, 0.29) is 23.2 Å². The number of thioether (sulfide) groups is 1. The van der Waals surface area contributed by atoms with Crippen LogP contribution in [0.2, 0.25) is 0 Å². The third kappa shape index (κ3) is 3.98. The van der Waals surface area contributed by atoms with Crippen molar-refractivity contribution in [3.05, 3.63) is 30.3 Å². The lowest BCUT2D eigenvalue weighted by Gasteiger charge is -2.32. The number of rotatable bonds is 6. The highest BCUT2D eigenvalue weighted by atomic mass is 32.2. The van der Waals surface area contributed by atoms with Gasteiger partial charge in [-0.3, -0.25) is 4.79 Å². The van der Waals surface area contributed by atoms with Gasteiger partial charge in [-0.25, -0.2) is 0 Å². The molecular weight excluding hydrogens is 320 g/mol. The Morgan fingerprint density at radius 2 is 1.62 bits per heavy atom. The lowest BCUT2D eigenvalue weighted by Crippen LogP contribution is -2.45. The minimum atomic E-state index is -0.207. The first-order chi connectivity index (χ1) is 11.3. The summed E-state index contributed by atoms with van der Waals surface area (Å²) in [7, 11) is 1.94. The van der Waals surface area contributed by atoms with Crippen LogP contribution in [0.4, 0.5) is 0 Å². The summed E-state index contributed by atoms with van der Waals surface area (Å²) in [5, 5.41) is 9.09. The number of carbonyl (C=O) groups is 1. The van der Waals surface area contributed by atoms with Gasteiger partial charge in [-0.1, -0.05) is 42.1 Å². The molecule has 1 atom stereocenters. The summed E-state index contributed by atoms with van der Waals surface area (Å²) in [6, 6.07) is 10.3. The molecule has 0 radical (unpaired) electrons. The zero-order chi connectivity index (χ0) is 17.9. The average Bonchev–Trinajstić information content (AvgIpc) is 2.88. The van der Waals surface area contributed by atoms with Crippen LogP contribution >= 0.6 is 11.8 Å². The summed E-state index contributed by atoms with van der Waals surface area (Å²) in [5.74, 6) is 0.941. The number of benzene rings is 1. The molecule has 0 spiro atoms. The molecule has 2 rings (SSSR count). The monoisotopic (exact) mass is 346 g/mol. The summed E-state index contributed by atoms with van der Waals surface area (Å²) in [6.07, 6.45) is 0. The van der Waals surface area contributed by atoms with Crippen molar-refractivity contribution < 1.29 is 4.79 Å². The van der Waals surface area contributed by atoms with E-state index >= 15 is 0 Å². The quantitative estimate of drug-likeness (QED) is 0.750. The van der Waals surface area contributed by atoms with Crippen LogP contribution in [0, 0.1) is 0 Å². The maximum atomic E-state index is 12.8. The van der Waals surface area contributed by atoms with E-state index in [1.165, 1.54) is 11.8 Å². The van der Waals surface area contributed by atoms with E-state index < -0.39 is 0 Å². The Morgan fingerprint density at radius 1 is 1.04 bits per heavy atom. The van der Waals surface area contributed by atoms with Gasteiger partial charge in [0.1, 0.15) is 0 Å². The Morgan fingerprint density at radius 3 is 2.17 bits per heavy atom. The number of hydrogen-bond acceptors (Lipinski definition) is 4. The zero-order valence-electron chi connectivity index (χ0n) is 15.2. The first kappa shape index (κ1) is 18.5. The Balaban J connectivity index is 2.17. The number of amides is 1. The molecule has 0 saturated heterocycles. The van der Waals surface area contributed by atoms with Crippen LogP contribution in [0.25, 0.3) is 11.4 Å². The zero-order valence-corrected chi connectivity index (χ0v) is 16.0. The predicted octanol–water partition coefficient (Wildman–Crippen LogP) is 3.61. The predicted molar refractivity (Wildman–Crippen MR) is 98.9 cm³/mol. The van der Waals surface area contributed by atoms with E-state index in [0.29, 0.717) is 0 Å². The van der Waals surface area contributed by atoms with Gasteiger partial charge < -0.3 is 9.47 Å². The van der Waals surface area contributed by atoms with Crippen LogP contribution in [0.15, 0.2) is 35.5 Å². The summed E-state index contributed by atoms with van der Waals surface area (Å²) < 4.78 is 1.94. The van der Waals surface area contributed by atoms with Crippen molar-refractivity contribution in [3.63, 3.8) is 0 Å². The van der Waals surface area contributed by atoms with Gasteiger partial charge in [0.25, 0.3) is 0 Å². The molecule has 0 unspecified atom stereocenters. The molecule has 0 aliphatic rings. The van der Waals surface area contributed by atoms with Crippen LogP contribution in [0.1, 0.15) is 34.6 Å². The van der Waals surface area contributed by atoms with Gasteiger partial charge in [-0.15, -0.1) is 10.2 Å². The smallest absolute Gasteiger partial charge is 0.236 e. The lowest BCUT2D eigenvalue weighted by molar-refractivity contribution is -0.133. The van der Waals surface area contributed by atoms with Crippen LogP contribution in [0.5, 0.6) is 0 Å². The molecule has 1 amide bonds. The van der Waals surface area contributed by atoms with Crippen LogP contribution in [-0.2, 0) is 11.8 Å². The van der Waals surface area contributed by atoms with Gasteiger partial charge in [0, 0.05) is 24.7 Å². The number of hydrogen-bond donors (Lipinski definition) is 0. The van der Waals surface area contributed by atoms with E-state index in [4.69, 9.17) is 0 Å². The molecule has 0 aliphatic heterocycles. The molecular formula is C18H26N4OS. The summed E-state index contributed by atoms with van der Waals surface area (Å²) in [4.78, 5) is 14.7. The highest BCUT2D eigenvalue weighted by molar-refractivity contribution is 8.00. The summed E-state index contributed by atoms with van der Waals surface area (Å²) >= 11 is 1.46. The van der Waals surface area contributed by atoms with Crippen molar-refractivity contribution in [1.29, 1.82) is 0 Å². The van der Waals surface area contributed by atoms with Gasteiger partial charge in [-0.05, 0) is 34.6 Å². The maximum Gasteiger partial charge on any atom is 0.236 e. The van der Waals surface area contributed by atoms with Crippen molar-refractivity contribution in [1.82, 2.24) is 19.7 Å². The molecule has 0 aliphatic carbocycles. The average molecular weight is 347 g/mol. The van der Waals surface area contributed by atoms with Gasteiger partial charge in [0.2, 0.25) is 5.91 Å². The fraction of sp³-hybridized carbons (Fsp3) is 0.500. The maximum absolute atomic E-state index is 12.8. The molecule has 0 saturated carbocycles. The van der Waals surface area contributed by atoms with E-state index in [1.54, 1.807) is 0 Å². The molecule has 6 heteroatoms. The molecule has 24 heavy (non-hydrogen) atoms. The topological polar surface area (TPSA) is 51.0 Å². The molecule has 1 aromatic heterocycles. The fourth-order valence-electron chi connectivity index (χ4n) is 2.78. The van der Waals surface area contributed by atoms with Crippen molar-refractivity contribution in [3.8, 4) is 11.4 Å². The van der Waals surface area contributed by atoms with Gasteiger partial charge in [-0.2, -0.15) is 0 Å². The lowest BCUT2D eigenvalue weighted by atomic mass is 10.2. The molecule has 130 valence electrons.